The molecule has 1 unspecified atom stereocenters. The van der Waals surface area contributed by atoms with Gasteiger partial charge in [0, 0.05) is 36.8 Å². The Bertz CT molecular complexity index is 1400. The van der Waals surface area contributed by atoms with Crippen molar-refractivity contribution < 1.29 is 28.9 Å². The summed E-state index contributed by atoms with van der Waals surface area (Å²) >= 11 is 6.05. The molecule has 41 heavy (non-hydrogen) atoms. The van der Waals surface area contributed by atoms with E-state index in [4.69, 9.17) is 25.8 Å². The number of Topliss-reactive ketones (excluding diaryl/α,β-unsaturated/α-hetero) is 1. The highest BCUT2D eigenvalue weighted by molar-refractivity contribution is 6.46. The molecule has 1 atom stereocenters. The van der Waals surface area contributed by atoms with Crippen molar-refractivity contribution in [1.82, 2.24) is 9.80 Å². The van der Waals surface area contributed by atoms with Crippen LogP contribution in [0, 0.1) is 0 Å². The summed E-state index contributed by atoms with van der Waals surface area (Å²) in [5.41, 5.74) is 2.08. The Kier molecular flexibility index (Phi) is 9.24. The van der Waals surface area contributed by atoms with Gasteiger partial charge < -0.3 is 24.2 Å². The van der Waals surface area contributed by atoms with E-state index in [1.807, 2.05) is 36.4 Å². The van der Waals surface area contributed by atoms with E-state index in [0.29, 0.717) is 60.4 Å². The second-order valence-corrected chi connectivity index (χ2v) is 10.4. The average molecular weight is 577 g/mol. The first kappa shape index (κ1) is 28.7. The second-order valence-electron chi connectivity index (χ2n) is 9.99. The van der Waals surface area contributed by atoms with E-state index < -0.39 is 17.7 Å². The Hall–Kier alpha value is -3.85. The number of carbonyl (C=O) groups is 2. The third-order valence-corrected chi connectivity index (χ3v) is 7.63. The van der Waals surface area contributed by atoms with Crippen LogP contribution in [0.2, 0.25) is 5.02 Å². The Balaban J connectivity index is 1.47. The van der Waals surface area contributed by atoms with E-state index in [0.717, 1.165) is 25.2 Å². The standard InChI is InChI=1S/C32H33ClN2O6/c1-39-27-20-24(10-13-26(27)41-21-22-6-3-2-4-7-22)29-28(30(36)23-8-11-25(33)12-9-23)31(37)32(38)35(29)15-5-14-34-16-18-40-19-17-34/h2-4,6-13,20,29,36H,5,14-19,21H2,1H3. The quantitative estimate of drug-likeness (QED) is 0.205. The van der Waals surface area contributed by atoms with Gasteiger partial charge in [-0.3, -0.25) is 14.5 Å². The number of benzene rings is 3. The molecular weight excluding hydrogens is 544 g/mol. The Morgan fingerprint density at radius 3 is 2.41 bits per heavy atom. The van der Waals surface area contributed by atoms with Gasteiger partial charge in [-0.1, -0.05) is 48.0 Å². The molecule has 2 aliphatic rings. The number of ether oxygens (including phenoxy) is 3. The maximum absolute atomic E-state index is 13.4. The molecule has 9 heteroatoms. The minimum Gasteiger partial charge on any atom is -0.507 e. The van der Waals surface area contributed by atoms with Crippen molar-refractivity contribution in [3.8, 4) is 11.5 Å². The summed E-state index contributed by atoms with van der Waals surface area (Å²) in [6.07, 6.45) is 0.667. The summed E-state index contributed by atoms with van der Waals surface area (Å²) in [6.45, 7) is 4.51. The second kappa shape index (κ2) is 13.2. The number of nitrogens with zero attached hydrogens (tertiary/aromatic N) is 2. The van der Waals surface area contributed by atoms with Crippen LogP contribution in [-0.2, 0) is 20.9 Å². The van der Waals surface area contributed by atoms with Crippen LogP contribution in [0.1, 0.15) is 29.2 Å². The molecule has 8 nitrogen and oxygen atoms in total. The number of hydrogen-bond acceptors (Lipinski definition) is 7. The van der Waals surface area contributed by atoms with Crippen molar-refractivity contribution >= 4 is 29.1 Å². The van der Waals surface area contributed by atoms with Crippen LogP contribution in [0.3, 0.4) is 0 Å². The lowest BCUT2D eigenvalue weighted by Crippen LogP contribution is -2.39. The van der Waals surface area contributed by atoms with Gasteiger partial charge in [-0.05, 0) is 53.9 Å². The van der Waals surface area contributed by atoms with Crippen molar-refractivity contribution in [2.75, 3.05) is 46.5 Å². The molecule has 214 valence electrons. The number of rotatable bonds is 10. The predicted molar refractivity (Wildman–Crippen MR) is 156 cm³/mol. The van der Waals surface area contributed by atoms with E-state index in [9.17, 15) is 14.7 Å². The zero-order valence-electron chi connectivity index (χ0n) is 22.9. The van der Waals surface area contributed by atoms with E-state index >= 15 is 0 Å². The summed E-state index contributed by atoms with van der Waals surface area (Å²) in [5.74, 6) is -0.622. The van der Waals surface area contributed by atoms with Gasteiger partial charge in [0.05, 0.1) is 31.9 Å². The van der Waals surface area contributed by atoms with Crippen LogP contribution in [0.15, 0.2) is 78.4 Å². The molecule has 2 heterocycles. The third kappa shape index (κ3) is 6.56. The van der Waals surface area contributed by atoms with Crippen LogP contribution >= 0.6 is 11.6 Å². The molecule has 0 aromatic heterocycles. The number of aliphatic hydroxyl groups is 1. The molecule has 0 saturated carbocycles. The molecule has 1 amide bonds. The van der Waals surface area contributed by atoms with Crippen molar-refractivity contribution in [2.45, 2.75) is 19.1 Å². The SMILES string of the molecule is COc1cc(C2C(=C(O)c3ccc(Cl)cc3)C(=O)C(=O)N2CCCN2CCOCC2)ccc1OCc1ccccc1. The van der Waals surface area contributed by atoms with Crippen LogP contribution in [0.25, 0.3) is 5.76 Å². The maximum atomic E-state index is 13.4. The van der Waals surface area contributed by atoms with Crippen molar-refractivity contribution in [3.05, 3.63) is 100 Å². The highest BCUT2D eigenvalue weighted by Gasteiger charge is 2.46. The molecule has 3 aromatic carbocycles. The number of hydrogen-bond donors (Lipinski definition) is 1. The zero-order valence-corrected chi connectivity index (χ0v) is 23.7. The number of methoxy groups -OCH3 is 1. The highest BCUT2D eigenvalue weighted by atomic mass is 35.5. The van der Waals surface area contributed by atoms with Gasteiger partial charge in [0.25, 0.3) is 11.7 Å². The lowest BCUT2D eigenvalue weighted by molar-refractivity contribution is -0.140. The molecule has 2 aliphatic heterocycles. The summed E-state index contributed by atoms with van der Waals surface area (Å²) in [5, 5.41) is 11.8. The fourth-order valence-electron chi connectivity index (χ4n) is 5.22. The minimum absolute atomic E-state index is 0.0312. The van der Waals surface area contributed by atoms with Crippen LogP contribution in [0.5, 0.6) is 11.5 Å². The van der Waals surface area contributed by atoms with Gasteiger partial charge >= 0.3 is 0 Å². The predicted octanol–water partition coefficient (Wildman–Crippen LogP) is 5.07. The molecule has 3 aromatic rings. The molecule has 1 N–H and O–H groups in total. The van der Waals surface area contributed by atoms with E-state index in [2.05, 4.69) is 4.90 Å². The molecule has 0 spiro atoms. The van der Waals surface area contributed by atoms with Gasteiger partial charge in [-0.15, -0.1) is 0 Å². The topological polar surface area (TPSA) is 88.5 Å². The average Bonchev–Trinajstić information content (AvgIpc) is 3.26. The first-order chi connectivity index (χ1) is 20.0. The van der Waals surface area contributed by atoms with Crippen LogP contribution < -0.4 is 9.47 Å². The van der Waals surface area contributed by atoms with Crippen molar-refractivity contribution in [3.63, 3.8) is 0 Å². The zero-order chi connectivity index (χ0) is 28.8. The fourth-order valence-corrected chi connectivity index (χ4v) is 5.34. The lowest BCUT2D eigenvalue weighted by Gasteiger charge is -2.29. The monoisotopic (exact) mass is 576 g/mol. The Labute approximate surface area is 244 Å². The Morgan fingerprint density at radius 2 is 1.71 bits per heavy atom. The van der Waals surface area contributed by atoms with E-state index in [1.54, 1.807) is 48.4 Å². The molecular formula is C32H33ClN2O6. The van der Waals surface area contributed by atoms with Crippen molar-refractivity contribution in [1.29, 1.82) is 0 Å². The smallest absolute Gasteiger partial charge is 0.295 e. The summed E-state index contributed by atoms with van der Waals surface area (Å²) in [4.78, 5) is 30.6. The van der Waals surface area contributed by atoms with Crippen LogP contribution in [0.4, 0.5) is 0 Å². The number of morpholine rings is 1. The number of aliphatic hydroxyl groups excluding tert-OH is 1. The summed E-state index contributed by atoms with van der Waals surface area (Å²) in [7, 11) is 1.54. The number of likely N-dealkylation sites (tertiary alicyclic amines) is 1. The van der Waals surface area contributed by atoms with Crippen LogP contribution in [-0.4, -0.2) is 73.1 Å². The number of carbonyl (C=O) groups excluding carboxylic acids is 2. The van der Waals surface area contributed by atoms with Gasteiger partial charge in [0.15, 0.2) is 11.5 Å². The first-order valence-electron chi connectivity index (χ1n) is 13.7. The molecule has 0 aliphatic carbocycles. The lowest BCUT2D eigenvalue weighted by atomic mass is 9.95. The van der Waals surface area contributed by atoms with Gasteiger partial charge in [0.2, 0.25) is 0 Å². The Morgan fingerprint density at radius 1 is 0.976 bits per heavy atom. The number of ketones is 1. The van der Waals surface area contributed by atoms with Crippen molar-refractivity contribution in [2.24, 2.45) is 0 Å². The number of amides is 1. The van der Waals surface area contributed by atoms with Gasteiger partial charge in [0.1, 0.15) is 12.4 Å². The fraction of sp³-hybridized carbons (Fsp3) is 0.312. The maximum Gasteiger partial charge on any atom is 0.295 e. The van der Waals surface area contributed by atoms with E-state index in [1.165, 1.54) is 0 Å². The highest BCUT2D eigenvalue weighted by Crippen LogP contribution is 2.42. The van der Waals surface area contributed by atoms with Gasteiger partial charge in [-0.2, -0.15) is 0 Å². The molecule has 2 fully saturated rings. The molecule has 5 rings (SSSR count). The molecule has 0 bridgehead atoms. The van der Waals surface area contributed by atoms with E-state index in [-0.39, 0.29) is 11.3 Å². The molecule has 2 saturated heterocycles. The van der Waals surface area contributed by atoms with Gasteiger partial charge in [-0.25, -0.2) is 0 Å². The summed E-state index contributed by atoms with van der Waals surface area (Å²) in [6, 6.07) is 20.8. The first-order valence-corrected chi connectivity index (χ1v) is 14.0. The number of halogens is 1. The molecule has 0 radical (unpaired) electrons. The summed E-state index contributed by atoms with van der Waals surface area (Å²) < 4.78 is 17.1. The normalized spacial score (nSPS) is 19.0. The largest absolute Gasteiger partial charge is 0.507 e. The third-order valence-electron chi connectivity index (χ3n) is 7.38. The minimum atomic E-state index is -0.799.